The van der Waals surface area contributed by atoms with Gasteiger partial charge in [-0.3, -0.25) is 14.9 Å². The lowest BCUT2D eigenvalue weighted by molar-refractivity contribution is -0.385. The van der Waals surface area contributed by atoms with Gasteiger partial charge in [-0.15, -0.1) is 0 Å². The number of halogens is 1. The van der Waals surface area contributed by atoms with Gasteiger partial charge in [0.2, 0.25) is 5.75 Å². The molecule has 0 saturated heterocycles. The first-order valence-electron chi connectivity index (χ1n) is 4.19. The molecule has 15 heavy (non-hydrogen) atoms. The molecule has 0 fully saturated rings. The van der Waals surface area contributed by atoms with Crippen molar-refractivity contribution in [2.75, 3.05) is 0 Å². The van der Waals surface area contributed by atoms with E-state index in [0.29, 0.717) is 0 Å². The summed E-state index contributed by atoms with van der Waals surface area (Å²) in [6.45, 7) is 1.60. The van der Waals surface area contributed by atoms with Gasteiger partial charge in [-0.05, 0) is 12.1 Å². The normalized spacial score (nSPS) is 9.73. The van der Waals surface area contributed by atoms with Crippen LogP contribution in [0.5, 0.6) is 5.75 Å². The molecular formula is C9H8ClNO4. The van der Waals surface area contributed by atoms with Gasteiger partial charge in [-0.2, -0.15) is 0 Å². The minimum atomic E-state index is -0.680. The summed E-state index contributed by atoms with van der Waals surface area (Å²) in [6, 6.07) is 4.17. The van der Waals surface area contributed by atoms with E-state index in [2.05, 4.69) is 0 Å². The predicted octanol–water partition coefficient (Wildman–Crippen LogP) is 2.56. The lowest BCUT2D eigenvalue weighted by Crippen LogP contribution is -2.07. The third-order valence-electron chi connectivity index (χ3n) is 1.64. The van der Waals surface area contributed by atoms with Crippen molar-refractivity contribution >= 4 is 23.3 Å². The van der Waals surface area contributed by atoms with Crippen LogP contribution in [0.25, 0.3) is 0 Å². The van der Waals surface area contributed by atoms with Crippen LogP contribution >= 0.6 is 11.6 Å². The topological polar surface area (TPSA) is 69.4 Å². The number of carbonyl (C=O) groups is 1. The van der Waals surface area contributed by atoms with Gasteiger partial charge >= 0.3 is 11.7 Å². The third-order valence-corrected chi connectivity index (χ3v) is 1.95. The standard InChI is InChI=1S/C9H8ClNO4/c1-2-8(12)15-7-5-3-4-6(10)9(7)11(13)14/h3-5H,2H2,1H3. The van der Waals surface area contributed by atoms with Crippen LogP contribution in [0.2, 0.25) is 5.02 Å². The Labute approximate surface area is 90.8 Å². The fourth-order valence-electron chi connectivity index (χ4n) is 0.950. The number of hydrogen-bond donors (Lipinski definition) is 0. The quantitative estimate of drug-likeness (QED) is 0.346. The zero-order valence-corrected chi connectivity index (χ0v) is 8.65. The van der Waals surface area contributed by atoms with Gasteiger partial charge in [0.1, 0.15) is 5.02 Å². The number of benzene rings is 1. The largest absolute Gasteiger partial charge is 0.419 e. The van der Waals surface area contributed by atoms with Crippen molar-refractivity contribution in [2.45, 2.75) is 13.3 Å². The van der Waals surface area contributed by atoms with E-state index in [1.807, 2.05) is 0 Å². The molecule has 0 aliphatic heterocycles. The van der Waals surface area contributed by atoms with Gasteiger partial charge in [0.15, 0.2) is 0 Å². The molecule has 5 nitrogen and oxygen atoms in total. The maximum atomic E-state index is 11.0. The molecule has 0 radical (unpaired) electrons. The number of esters is 1. The zero-order valence-electron chi connectivity index (χ0n) is 7.90. The van der Waals surface area contributed by atoms with Gasteiger partial charge < -0.3 is 4.74 Å². The van der Waals surface area contributed by atoms with E-state index < -0.39 is 10.9 Å². The fourth-order valence-corrected chi connectivity index (χ4v) is 1.18. The highest BCUT2D eigenvalue weighted by Gasteiger charge is 2.21. The molecular weight excluding hydrogens is 222 g/mol. The molecule has 0 unspecified atom stereocenters. The molecule has 1 rings (SSSR count). The second-order valence-corrected chi connectivity index (χ2v) is 3.08. The van der Waals surface area contributed by atoms with Gasteiger partial charge in [0.25, 0.3) is 0 Å². The first-order chi connectivity index (χ1) is 7.06. The second-order valence-electron chi connectivity index (χ2n) is 2.67. The van der Waals surface area contributed by atoms with Crippen LogP contribution in [0, 0.1) is 10.1 Å². The third kappa shape index (κ3) is 2.66. The molecule has 0 spiro atoms. The molecule has 0 saturated carbocycles. The number of para-hydroxylation sites is 1. The van der Waals surface area contributed by atoms with Crippen molar-refractivity contribution in [1.29, 1.82) is 0 Å². The van der Waals surface area contributed by atoms with Crippen LogP contribution in [0.3, 0.4) is 0 Å². The molecule has 80 valence electrons. The molecule has 0 amide bonds. The molecule has 1 aromatic rings. The van der Waals surface area contributed by atoms with Crippen molar-refractivity contribution in [3.8, 4) is 5.75 Å². The minimum absolute atomic E-state index is 0.0543. The summed E-state index contributed by atoms with van der Waals surface area (Å²) in [5.41, 5.74) is -0.388. The van der Waals surface area contributed by atoms with Crippen LogP contribution in [0.1, 0.15) is 13.3 Å². The van der Waals surface area contributed by atoms with E-state index in [1.54, 1.807) is 6.92 Å². The number of rotatable bonds is 3. The zero-order chi connectivity index (χ0) is 11.4. The van der Waals surface area contributed by atoms with E-state index in [4.69, 9.17) is 16.3 Å². The maximum absolute atomic E-state index is 11.0. The van der Waals surface area contributed by atoms with Crippen LogP contribution in [-0.2, 0) is 4.79 Å². The number of carbonyl (C=O) groups excluding carboxylic acids is 1. The number of nitrogens with zero attached hydrogens (tertiary/aromatic N) is 1. The average molecular weight is 230 g/mol. The summed E-state index contributed by atoms with van der Waals surface area (Å²) in [4.78, 5) is 20.9. The molecule has 0 bridgehead atoms. The van der Waals surface area contributed by atoms with Crippen molar-refractivity contribution in [1.82, 2.24) is 0 Å². The molecule has 0 heterocycles. The predicted molar refractivity (Wildman–Crippen MR) is 54.0 cm³/mol. The van der Waals surface area contributed by atoms with E-state index in [-0.39, 0.29) is 22.9 Å². The van der Waals surface area contributed by atoms with Gasteiger partial charge in [-0.1, -0.05) is 24.6 Å². The Kier molecular flexibility index (Phi) is 3.62. The first-order valence-corrected chi connectivity index (χ1v) is 4.57. The monoisotopic (exact) mass is 229 g/mol. The van der Waals surface area contributed by atoms with Crippen LogP contribution in [0.4, 0.5) is 5.69 Å². The summed E-state index contributed by atoms with van der Waals surface area (Å²) in [7, 11) is 0. The van der Waals surface area contributed by atoms with Crippen LogP contribution in [0.15, 0.2) is 18.2 Å². The molecule has 1 aromatic carbocycles. The highest BCUT2D eigenvalue weighted by Crippen LogP contribution is 2.34. The Morgan fingerprint density at radius 3 is 2.80 bits per heavy atom. The van der Waals surface area contributed by atoms with E-state index >= 15 is 0 Å². The molecule has 6 heteroatoms. The van der Waals surface area contributed by atoms with Crippen molar-refractivity contribution in [2.24, 2.45) is 0 Å². The summed E-state index contributed by atoms with van der Waals surface area (Å²) < 4.78 is 4.77. The Hall–Kier alpha value is -1.62. The summed E-state index contributed by atoms with van der Waals surface area (Å²) >= 11 is 5.62. The Morgan fingerprint density at radius 1 is 1.60 bits per heavy atom. The number of hydrogen-bond acceptors (Lipinski definition) is 4. The maximum Gasteiger partial charge on any atom is 0.330 e. The van der Waals surface area contributed by atoms with E-state index in [1.165, 1.54) is 18.2 Å². The van der Waals surface area contributed by atoms with Crippen LogP contribution in [-0.4, -0.2) is 10.9 Å². The van der Waals surface area contributed by atoms with Crippen molar-refractivity contribution < 1.29 is 14.5 Å². The SMILES string of the molecule is CCC(=O)Oc1cccc(Cl)c1[N+](=O)[O-]. The Balaban J connectivity index is 3.11. The number of ether oxygens (including phenoxy) is 1. The average Bonchev–Trinajstić information content (AvgIpc) is 2.17. The molecule has 0 aromatic heterocycles. The summed E-state index contributed by atoms with van der Waals surface area (Å²) in [5.74, 6) is -0.667. The minimum Gasteiger partial charge on any atom is -0.419 e. The van der Waals surface area contributed by atoms with E-state index in [9.17, 15) is 14.9 Å². The van der Waals surface area contributed by atoms with Crippen molar-refractivity contribution in [3.63, 3.8) is 0 Å². The lowest BCUT2D eigenvalue weighted by atomic mass is 10.3. The number of nitro groups is 1. The summed E-state index contributed by atoms with van der Waals surface area (Å²) in [5, 5.41) is 10.6. The lowest BCUT2D eigenvalue weighted by Gasteiger charge is -2.03. The van der Waals surface area contributed by atoms with Gasteiger partial charge in [0, 0.05) is 6.42 Å². The Bertz CT molecular complexity index is 405. The number of nitro benzene ring substituents is 1. The van der Waals surface area contributed by atoms with E-state index in [0.717, 1.165) is 0 Å². The fraction of sp³-hybridized carbons (Fsp3) is 0.222. The highest BCUT2D eigenvalue weighted by atomic mass is 35.5. The van der Waals surface area contributed by atoms with Crippen molar-refractivity contribution in [3.05, 3.63) is 33.3 Å². The molecule has 0 N–H and O–H groups in total. The van der Waals surface area contributed by atoms with Gasteiger partial charge in [0.05, 0.1) is 4.92 Å². The Morgan fingerprint density at radius 2 is 2.27 bits per heavy atom. The summed E-state index contributed by atoms with van der Waals surface area (Å²) in [6.07, 6.45) is 0.143. The highest BCUT2D eigenvalue weighted by molar-refractivity contribution is 6.33. The molecule has 0 aliphatic rings. The van der Waals surface area contributed by atoms with Crippen LogP contribution < -0.4 is 4.74 Å². The molecule has 0 aliphatic carbocycles. The first kappa shape index (κ1) is 11.5. The van der Waals surface area contributed by atoms with Gasteiger partial charge in [-0.25, -0.2) is 0 Å². The second kappa shape index (κ2) is 4.75. The molecule has 0 atom stereocenters. The smallest absolute Gasteiger partial charge is 0.330 e.